The Morgan fingerprint density at radius 2 is 1.88 bits per heavy atom. The Hall–Kier alpha value is -1.38. The molecule has 0 aromatic heterocycles. The van der Waals surface area contributed by atoms with E-state index in [9.17, 15) is 4.39 Å². The fourth-order valence-corrected chi connectivity index (χ4v) is 2.08. The quantitative estimate of drug-likeness (QED) is 0.871. The highest BCUT2D eigenvalue weighted by Gasteiger charge is 2.08. The molecule has 0 heterocycles. The highest BCUT2D eigenvalue weighted by atomic mass is 35.5. The van der Waals surface area contributed by atoms with Crippen molar-refractivity contribution in [2.24, 2.45) is 0 Å². The predicted octanol–water partition coefficient (Wildman–Crippen LogP) is 3.87. The lowest BCUT2D eigenvalue weighted by atomic mass is 10.0. The van der Waals surface area contributed by atoms with Gasteiger partial charge >= 0.3 is 0 Å². The third kappa shape index (κ3) is 2.65. The molecule has 88 valence electrons. The minimum atomic E-state index is -0.254. The molecule has 0 saturated carbocycles. The van der Waals surface area contributed by atoms with Crippen LogP contribution < -0.4 is 5.32 Å². The molecular formula is C14H13ClFN. The van der Waals surface area contributed by atoms with Gasteiger partial charge in [-0.05, 0) is 24.7 Å². The average molecular weight is 250 g/mol. The molecule has 0 amide bonds. The number of rotatable bonds is 3. The Kier molecular flexibility index (Phi) is 3.77. The first kappa shape index (κ1) is 12.1. The van der Waals surface area contributed by atoms with Crippen molar-refractivity contribution >= 4 is 11.6 Å². The Labute approximate surface area is 105 Å². The van der Waals surface area contributed by atoms with Crippen LogP contribution in [0.5, 0.6) is 0 Å². The first-order valence-electron chi connectivity index (χ1n) is 5.40. The van der Waals surface area contributed by atoms with Crippen molar-refractivity contribution in [2.75, 3.05) is 7.05 Å². The molecule has 0 aliphatic carbocycles. The zero-order valence-corrected chi connectivity index (χ0v) is 10.3. The van der Waals surface area contributed by atoms with Crippen LogP contribution in [-0.2, 0) is 6.54 Å². The highest BCUT2D eigenvalue weighted by molar-refractivity contribution is 6.33. The fourth-order valence-electron chi connectivity index (χ4n) is 1.77. The molecule has 1 nitrogen and oxygen atoms in total. The molecule has 0 fully saturated rings. The summed E-state index contributed by atoms with van der Waals surface area (Å²) in [6.07, 6.45) is 0. The zero-order valence-electron chi connectivity index (χ0n) is 9.50. The van der Waals surface area contributed by atoms with Gasteiger partial charge < -0.3 is 5.32 Å². The van der Waals surface area contributed by atoms with Gasteiger partial charge in [-0.15, -0.1) is 0 Å². The summed E-state index contributed by atoms with van der Waals surface area (Å²) in [5, 5.41) is 3.62. The second-order valence-electron chi connectivity index (χ2n) is 3.82. The molecule has 0 aliphatic heterocycles. The van der Waals surface area contributed by atoms with Gasteiger partial charge in [0.2, 0.25) is 0 Å². The van der Waals surface area contributed by atoms with Crippen LogP contribution in [0.3, 0.4) is 0 Å². The molecule has 3 heteroatoms. The van der Waals surface area contributed by atoms with Gasteiger partial charge in [-0.3, -0.25) is 0 Å². The van der Waals surface area contributed by atoms with Crippen molar-refractivity contribution < 1.29 is 4.39 Å². The van der Waals surface area contributed by atoms with E-state index in [1.165, 1.54) is 6.07 Å². The van der Waals surface area contributed by atoms with E-state index in [4.69, 9.17) is 11.6 Å². The summed E-state index contributed by atoms with van der Waals surface area (Å²) in [4.78, 5) is 0. The van der Waals surface area contributed by atoms with Crippen molar-refractivity contribution in [1.82, 2.24) is 5.32 Å². The van der Waals surface area contributed by atoms with E-state index in [1.807, 2.05) is 25.2 Å². The first-order chi connectivity index (χ1) is 8.22. The number of benzene rings is 2. The van der Waals surface area contributed by atoms with E-state index in [0.29, 0.717) is 10.6 Å². The Bertz CT molecular complexity index is 525. The molecule has 2 rings (SSSR count). The van der Waals surface area contributed by atoms with Crippen LogP contribution in [0.2, 0.25) is 5.02 Å². The molecule has 17 heavy (non-hydrogen) atoms. The van der Waals surface area contributed by atoms with E-state index in [2.05, 4.69) is 5.32 Å². The molecule has 0 spiro atoms. The van der Waals surface area contributed by atoms with Crippen LogP contribution in [0.15, 0.2) is 42.5 Å². The van der Waals surface area contributed by atoms with Gasteiger partial charge in [0.15, 0.2) is 0 Å². The van der Waals surface area contributed by atoms with Gasteiger partial charge in [0.1, 0.15) is 5.82 Å². The van der Waals surface area contributed by atoms with E-state index in [-0.39, 0.29) is 5.82 Å². The highest BCUT2D eigenvalue weighted by Crippen LogP contribution is 2.30. The molecule has 2 aromatic rings. The van der Waals surface area contributed by atoms with Crippen LogP contribution in [0.1, 0.15) is 5.56 Å². The fraction of sp³-hybridized carbons (Fsp3) is 0.143. The molecule has 2 aromatic carbocycles. The predicted molar refractivity (Wildman–Crippen MR) is 69.6 cm³/mol. The second-order valence-corrected chi connectivity index (χ2v) is 4.23. The molecule has 0 aliphatic rings. The molecule has 0 atom stereocenters. The topological polar surface area (TPSA) is 12.0 Å². The first-order valence-corrected chi connectivity index (χ1v) is 5.78. The lowest BCUT2D eigenvalue weighted by Crippen LogP contribution is -2.04. The summed E-state index contributed by atoms with van der Waals surface area (Å²) in [7, 11) is 1.87. The average Bonchev–Trinajstić information content (AvgIpc) is 2.31. The molecule has 1 N–H and O–H groups in total. The smallest absolute Gasteiger partial charge is 0.131 e. The normalized spacial score (nSPS) is 10.5. The summed E-state index contributed by atoms with van der Waals surface area (Å²) in [6, 6.07) is 12.3. The lowest BCUT2D eigenvalue weighted by Gasteiger charge is -2.08. The van der Waals surface area contributed by atoms with Gasteiger partial charge in [-0.2, -0.15) is 0 Å². The van der Waals surface area contributed by atoms with Crippen molar-refractivity contribution in [3.8, 4) is 11.1 Å². The lowest BCUT2D eigenvalue weighted by molar-refractivity contribution is 0.631. The summed E-state index contributed by atoms with van der Waals surface area (Å²) < 4.78 is 13.6. The number of nitrogens with one attached hydrogen (secondary N) is 1. The maximum atomic E-state index is 13.6. The number of halogens is 2. The van der Waals surface area contributed by atoms with Gasteiger partial charge in [-0.25, -0.2) is 4.39 Å². The zero-order chi connectivity index (χ0) is 12.3. The Morgan fingerprint density at radius 3 is 2.53 bits per heavy atom. The maximum Gasteiger partial charge on any atom is 0.131 e. The molecule has 0 radical (unpaired) electrons. The van der Waals surface area contributed by atoms with Crippen molar-refractivity contribution in [2.45, 2.75) is 6.54 Å². The molecule has 0 unspecified atom stereocenters. The van der Waals surface area contributed by atoms with Crippen molar-refractivity contribution in [1.29, 1.82) is 0 Å². The SMILES string of the molecule is CNCc1ccc(-c2ccccc2F)c(Cl)c1. The number of hydrogen-bond acceptors (Lipinski definition) is 1. The van der Waals surface area contributed by atoms with E-state index >= 15 is 0 Å². The molecule has 0 saturated heterocycles. The monoisotopic (exact) mass is 249 g/mol. The molecule has 0 bridgehead atoms. The van der Waals surface area contributed by atoms with Gasteiger partial charge in [0, 0.05) is 22.7 Å². The summed E-state index contributed by atoms with van der Waals surface area (Å²) in [6.45, 7) is 0.747. The third-order valence-corrected chi connectivity index (χ3v) is 2.89. The summed E-state index contributed by atoms with van der Waals surface area (Å²) in [5.41, 5.74) is 2.34. The molecular weight excluding hydrogens is 237 g/mol. The van der Waals surface area contributed by atoms with Crippen LogP contribution in [0.4, 0.5) is 4.39 Å². The second kappa shape index (κ2) is 5.30. The summed E-state index contributed by atoms with van der Waals surface area (Å²) in [5.74, 6) is -0.254. The van der Waals surface area contributed by atoms with Crippen LogP contribution >= 0.6 is 11.6 Å². The van der Waals surface area contributed by atoms with Gasteiger partial charge in [0.25, 0.3) is 0 Å². The maximum absolute atomic E-state index is 13.6. The van der Waals surface area contributed by atoms with Gasteiger partial charge in [0.05, 0.1) is 0 Å². The summed E-state index contributed by atoms with van der Waals surface area (Å²) >= 11 is 6.18. The number of hydrogen-bond donors (Lipinski definition) is 1. The van der Waals surface area contributed by atoms with Crippen molar-refractivity contribution in [3.05, 3.63) is 58.9 Å². The Morgan fingerprint density at radius 1 is 1.12 bits per heavy atom. The van der Waals surface area contributed by atoms with Crippen LogP contribution in [0.25, 0.3) is 11.1 Å². The van der Waals surface area contributed by atoms with Crippen LogP contribution in [-0.4, -0.2) is 7.05 Å². The minimum absolute atomic E-state index is 0.254. The standard InChI is InChI=1S/C14H13ClFN/c1-17-9-10-6-7-11(13(15)8-10)12-4-2-3-5-14(12)16/h2-8,17H,9H2,1H3. The van der Waals surface area contributed by atoms with Crippen molar-refractivity contribution in [3.63, 3.8) is 0 Å². The minimum Gasteiger partial charge on any atom is -0.316 e. The Balaban J connectivity index is 2.44. The largest absolute Gasteiger partial charge is 0.316 e. The van der Waals surface area contributed by atoms with Gasteiger partial charge in [-0.1, -0.05) is 41.9 Å². The van der Waals surface area contributed by atoms with E-state index < -0.39 is 0 Å². The van der Waals surface area contributed by atoms with Crippen LogP contribution in [0, 0.1) is 5.82 Å². The third-order valence-electron chi connectivity index (χ3n) is 2.58. The van der Waals surface area contributed by atoms with E-state index in [1.54, 1.807) is 18.2 Å². The van der Waals surface area contributed by atoms with E-state index in [0.717, 1.165) is 17.7 Å².